The topological polar surface area (TPSA) is 115 Å². The van der Waals surface area contributed by atoms with E-state index < -0.39 is 44.5 Å². The maximum Gasteiger partial charge on any atom is 0.534 e. The number of carboxylic acid groups (broad SMARTS) is 1. The van der Waals surface area contributed by atoms with Gasteiger partial charge in [0.05, 0.1) is 17.1 Å². The van der Waals surface area contributed by atoms with Crippen molar-refractivity contribution in [2.45, 2.75) is 52.7 Å². The van der Waals surface area contributed by atoms with Gasteiger partial charge in [-0.1, -0.05) is 65.0 Å². The Balaban J connectivity index is 2.50. The molecule has 3 rings (SSSR count). The Hall–Kier alpha value is -3.54. The predicted octanol–water partition coefficient (Wildman–Crippen LogP) is 5.91. The minimum atomic E-state index is -5.96. The molecule has 1 unspecified atom stereocenters. The number of nitrogens with zero attached hydrogens (tertiary/aromatic N) is 1. The Bertz CT molecular complexity index is 1510. The number of carbonyl (C=O) groups is 1. The minimum absolute atomic E-state index is 0.0777. The molecule has 0 radical (unpaired) electrons. The van der Waals surface area contributed by atoms with Crippen molar-refractivity contribution in [3.63, 3.8) is 0 Å². The Labute approximate surface area is 218 Å². The van der Waals surface area contributed by atoms with Gasteiger partial charge in [-0.3, -0.25) is 4.79 Å². The van der Waals surface area contributed by atoms with Crippen LogP contribution in [0.2, 0.25) is 0 Å². The summed E-state index contributed by atoms with van der Waals surface area (Å²) in [6.45, 7) is 9.31. The third-order valence-corrected chi connectivity index (χ3v) is 6.77. The van der Waals surface area contributed by atoms with Crippen LogP contribution in [0.1, 0.15) is 46.4 Å². The van der Waals surface area contributed by atoms with Gasteiger partial charge in [-0.05, 0) is 40.5 Å². The normalized spacial score (nSPS) is 13.5. The fourth-order valence-electron chi connectivity index (χ4n) is 4.25. The molecule has 3 aromatic rings. The molecule has 1 atom stereocenters. The van der Waals surface area contributed by atoms with E-state index in [9.17, 15) is 36.3 Å². The molecule has 0 spiro atoms. The molecule has 12 heteroatoms. The molecule has 206 valence electrons. The second kappa shape index (κ2) is 10.3. The van der Waals surface area contributed by atoms with Gasteiger partial charge in [-0.2, -0.15) is 21.6 Å². The quantitative estimate of drug-likeness (QED) is 0.277. The van der Waals surface area contributed by atoms with E-state index in [0.29, 0.717) is 22.2 Å². The van der Waals surface area contributed by atoms with Gasteiger partial charge in [0.15, 0.2) is 0 Å². The second-order valence-corrected chi connectivity index (χ2v) is 11.9. The van der Waals surface area contributed by atoms with Gasteiger partial charge in [-0.25, -0.2) is 4.79 Å². The van der Waals surface area contributed by atoms with Crippen LogP contribution in [0.15, 0.2) is 53.3 Å². The van der Waals surface area contributed by atoms with Gasteiger partial charge in [0, 0.05) is 12.1 Å². The minimum Gasteiger partial charge on any atom is -0.465 e. The summed E-state index contributed by atoms with van der Waals surface area (Å²) in [5.74, 6) is -0.756. The molecule has 0 bridgehead atoms. The second-order valence-electron chi connectivity index (χ2n) is 10.4. The van der Waals surface area contributed by atoms with E-state index in [-0.39, 0.29) is 17.8 Å². The highest BCUT2D eigenvalue weighted by Crippen LogP contribution is 2.41. The first-order valence-electron chi connectivity index (χ1n) is 11.7. The Morgan fingerprint density at radius 2 is 1.66 bits per heavy atom. The number of hydrogen-bond donors (Lipinski definition) is 2. The average molecular weight is 555 g/mol. The highest BCUT2D eigenvalue weighted by Gasteiger charge is 2.48. The van der Waals surface area contributed by atoms with Crippen LogP contribution in [0.3, 0.4) is 0 Å². The number of nitrogens with one attached hydrogen (secondary N) is 1. The number of amides is 1. The molecular formula is C26H29F3N2O6S. The zero-order chi connectivity index (χ0) is 28.6. The summed E-state index contributed by atoms with van der Waals surface area (Å²) in [6.07, 6.45) is -1.30. The number of alkyl halides is 3. The van der Waals surface area contributed by atoms with Crippen molar-refractivity contribution in [1.29, 1.82) is 0 Å². The fourth-order valence-corrected chi connectivity index (χ4v) is 4.70. The van der Waals surface area contributed by atoms with Crippen LogP contribution in [0.4, 0.5) is 18.0 Å². The molecule has 1 amide bonds. The number of aromatic nitrogens is 1. The number of halogens is 3. The third-order valence-electron chi connectivity index (χ3n) is 5.79. The lowest BCUT2D eigenvalue weighted by Crippen LogP contribution is -2.40. The highest BCUT2D eigenvalue weighted by atomic mass is 32.2. The van der Waals surface area contributed by atoms with Gasteiger partial charge in [-0.15, -0.1) is 0 Å². The smallest absolute Gasteiger partial charge is 0.465 e. The number of hydrogen-bond acceptors (Lipinski definition) is 5. The van der Waals surface area contributed by atoms with Gasteiger partial charge in [0.1, 0.15) is 5.75 Å². The van der Waals surface area contributed by atoms with Crippen LogP contribution in [0, 0.1) is 11.3 Å². The van der Waals surface area contributed by atoms with E-state index in [0.717, 1.165) is 12.1 Å². The van der Waals surface area contributed by atoms with Gasteiger partial charge in [0.2, 0.25) is 0 Å². The Kier molecular flexibility index (Phi) is 7.88. The summed E-state index contributed by atoms with van der Waals surface area (Å²) >= 11 is 0. The molecule has 38 heavy (non-hydrogen) atoms. The largest absolute Gasteiger partial charge is 0.534 e. The number of fused-ring (bicyclic) bond motifs is 1. The number of pyridine rings is 1. The Morgan fingerprint density at radius 1 is 1.05 bits per heavy atom. The standard InChI is InChI=1S/C26H29F3N2O6S/c1-15(2)14-31-21(22(25(3,4)5)30-24(33)34)20(16-9-7-6-8-10-16)18-12-11-17(13-19(18)23(31)32)37-38(35,36)26(27,28)29/h6-13,15,22,30H,14H2,1-5H3,(H,33,34). The van der Waals surface area contributed by atoms with E-state index in [1.807, 2.05) is 34.6 Å². The molecule has 2 N–H and O–H groups in total. The molecule has 2 aromatic carbocycles. The molecule has 1 aromatic heterocycles. The van der Waals surface area contributed by atoms with Crippen molar-refractivity contribution in [2.75, 3.05) is 0 Å². The molecule has 0 aliphatic carbocycles. The van der Waals surface area contributed by atoms with Crippen LogP contribution in [0.25, 0.3) is 21.9 Å². The lowest BCUT2D eigenvalue weighted by atomic mass is 9.80. The van der Waals surface area contributed by atoms with Gasteiger partial charge in [0.25, 0.3) is 5.56 Å². The first kappa shape index (κ1) is 29.0. The third kappa shape index (κ3) is 5.95. The summed E-state index contributed by atoms with van der Waals surface area (Å²) in [5, 5.41) is 12.4. The van der Waals surface area contributed by atoms with E-state index in [1.165, 1.54) is 10.6 Å². The maximum atomic E-state index is 13.9. The van der Waals surface area contributed by atoms with Crippen molar-refractivity contribution in [1.82, 2.24) is 9.88 Å². The van der Waals surface area contributed by atoms with E-state index in [2.05, 4.69) is 9.50 Å². The molecule has 0 aliphatic heterocycles. The van der Waals surface area contributed by atoms with Crippen LogP contribution in [-0.4, -0.2) is 29.7 Å². The molecular weight excluding hydrogens is 525 g/mol. The van der Waals surface area contributed by atoms with Crippen LogP contribution >= 0.6 is 0 Å². The zero-order valence-corrected chi connectivity index (χ0v) is 22.3. The summed E-state index contributed by atoms with van der Waals surface area (Å²) < 4.78 is 67.7. The first-order valence-corrected chi connectivity index (χ1v) is 13.1. The van der Waals surface area contributed by atoms with Crippen molar-refractivity contribution < 1.29 is 35.7 Å². The van der Waals surface area contributed by atoms with E-state index >= 15 is 0 Å². The van der Waals surface area contributed by atoms with Crippen LogP contribution < -0.4 is 15.1 Å². The van der Waals surface area contributed by atoms with E-state index in [4.69, 9.17) is 0 Å². The van der Waals surface area contributed by atoms with Gasteiger partial charge >= 0.3 is 21.7 Å². The zero-order valence-electron chi connectivity index (χ0n) is 21.5. The number of rotatable bonds is 7. The molecule has 0 fully saturated rings. The molecule has 0 saturated heterocycles. The van der Waals surface area contributed by atoms with Crippen molar-refractivity contribution >= 4 is 27.0 Å². The summed E-state index contributed by atoms with van der Waals surface area (Å²) in [4.78, 5) is 25.7. The van der Waals surface area contributed by atoms with Crippen molar-refractivity contribution in [2.24, 2.45) is 11.3 Å². The summed E-state index contributed by atoms with van der Waals surface area (Å²) in [6, 6.07) is 11.3. The highest BCUT2D eigenvalue weighted by molar-refractivity contribution is 7.88. The van der Waals surface area contributed by atoms with Crippen LogP contribution in [-0.2, 0) is 16.7 Å². The average Bonchev–Trinajstić information content (AvgIpc) is 2.78. The Morgan fingerprint density at radius 3 is 2.16 bits per heavy atom. The summed E-state index contributed by atoms with van der Waals surface area (Å²) in [7, 11) is -5.96. The summed E-state index contributed by atoms with van der Waals surface area (Å²) in [5.41, 5.74) is -5.48. The lowest BCUT2D eigenvalue weighted by molar-refractivity contribution is -0.0500. The lowest BCUT2D eigenvalue weighted by Gasteiger charge is -2.35. The monoisotopic (exact) mass is 554 g/mol. The first-order chi connectivity index (χ1) is 17.4. The maximum absolute atomic E-state index is 13.9. The fraction of sp³-hybridized carbons (Fsp3) is 0.385. The van der Waals surface area contributed by atoms with Gasteiger partial charge < -0.3 is 19.2 Å². The SMILES string of the molecule is CC(C)Cn1c(C(NC(=O)O)C(C)(C)C)c(-c2ccccc2)c2ccc(OS(=O)(=O)C(F)(F)F)cc2c1=O. The molecule has 8 nitrogen and oxygen atoms in total. The van der Waals surface area contributed by atoms with Crippen molar-refractivity contribution in [3.8, 4) is 16.9 Å². The molecule has 1 heterocycles. The van der Waals surface area contributed by atoms with E-state index in [1.54, 1.807) is 30.3 Å². The molecule has 0 saturated carbocycles. The van der Waals surface area contributed by atoms with Crippen LogP contribution in [0.5, 0.6) is 5.75 Å². The molecule has 0 aliphatic rings. The predicted molar refractivity (Wildman–Crippen MR) is 137 cm³/mol. The number of benzene rings is 2. The van der Waals surface area contributed by atoms with Crippen molar-refractivity contribution in [3.05, 3.63) is 64.6 Å².